The molecular formula is C11H14BrN. The molecular weight excluding hydrogens is 226 g/mol. The number of rotatable bonds is 4. The average molecular weight is 240 g/mol. The van der Waals surface area contributed by atoms with E-state index in [0.29, 0.717) is 0 Å². The Morgan fingerprint density at radius 3 is 2.77 bits per heavy atom. The van der Waals surface area contributed by atoms with Crippen molar-refractivity contribution in [3.63, 3.8) is 0 Å². The van der Waals surface area contributed by atoms with Gasteiger partial charge in [-0.15, -0.1) is 0 Å². The van der Waals surface area contributed by atoms with Gasteiger partial charge in [-0.3, -0.25) is 0 Å². The lowest BCUT2D eigenvalue weighted by atomic mass is 10.1. The maximum Gasteiger partial charge on any atom is 0.0250 e. The molecule has 1 nitrogen and oxygen atoms in total. The summed E-state index contributed by atoms with van der Waals surface area (Å²) >= 11 is 3.51. The fourth-order valence-corrected chi connectivity index (χ4v) is 1.72. The quantitative estimate of drug-likeness (QED) is 0.852. The van der Waals surface area contributed by atoms with E-state index in [2.05, 4.69) is 33.9 Å². The molecule has 0 heterocycles. The molecule has 0 aliphatic heterocycles. The first kappa shape index (κ1) is 10.5. The third-order valence-electron chi connectivity index (χ3n) is 1.93. The van der Waals surface area contributed by atoms with E-state index in [1.807, 2.05) is 25.2 Å². The first-order valence-electron chi connectivity index (χ1n) is 4.33. The van der Waals surface area contributed by atoms with E-state index in [1.165, 1.54) is 11.1 Å². The smallest absolute Gasteiger partial charge is 0.0250 e. The minimum absolute atomic E-state index is 0.972. The SMILES string of the molecule is C=C(CCNC)c1ccccc1Br. The van der Waals surface area contributed by atoms with Crippen LogP contribution in [0, 0.1) is 0 Å². The predicted octanol–water partition coefficient (Wildman–Crippen LogP) is 3.07. The van der Waals surface area contributed by atoms with Gasteiger partial charge in [0.05, 0.1) is 0 Å². The Morgan fingerprint density at radius 2 is 2.15 bits per heavy atom. The summed E-state index contributed by atoms with van der Waals surface area (Å²) in [6.07, 6.45) is 0.985. The monoisotopic (exact) mass is 239 g/mol. The van der Waals surface area contributed by atoms with Crippen molar-refractivity contribution in [2.24, 2.45) is 0 Å². The van der Waals surface area contributed by atoms with Crippen LogP contribution in [0.25, 0.3) is 5.57 Å². The van der Waals surface area contributed by atoms with E-state index in [1.54, 1.807) is 0 Å². The molecule has 0 radical (unpaired) electrons. The molecule has 0 spiro atoms. The van der Waals surface area contributed by atoms with Gasteiger partial charge in [-0.1, -0.05) is 40.7 Å². The number of benzene rings is 1. The molecule has 1 aromatic rings. The predicted molar refractivity (Wildman–Crippen MR) is 61.7 cm³/mol. The summed E-state index contributed by atoms with van der Waals surface area (Å²) in [6, 6.07) is 8.17. The van der Waals surface area contributed by atoms with Gasteiger partial charge in [-0.25, -0.2) is 0 Å². The maximum atomic E-state index is 4.05. The van der Waals surface area contributed by atoms with Crippen molar-refractivity contribution in [3.8, 4) is 0 Å². The third kappa shape index (κ3) is 2.98. The Kier molecular flexibility index (Phi) is 4.19. The van der Waals surface area contributed by atoms with Gasteiger partial charge < -0.3 is 5.32 Å². The summed E-state index contributed by atoms with van der Waals surface area (Å²) in [6.45, 7) is 5.03. The summed E-state index contributed by atoms with van der Waals surface area (Å²) in [4.78, 5) is 0. The zero-order valence-corrected chi connectivity index (χ0v) is 9.39. The van der Waals surface area contributed by atoms with Gasteiger partial charge in [0.25, 0.3) is 0 Å². The molecule has 0 bridgehead atoms. The van der Waals surface area contributed by atoms with Crippen LogP contribution in [0.1, 0.15) is 12.0 Å². The van der Waals surface area contributed by atoms with Crippen LogP contribution < -0.4 is 5.32 Å². The molecule has 0 atom stereocenters. The van der Waals surface area contributed by atoms with Crippen LogP contribution in [0.15, 0.2) is 35.3 Å². The van der Waals surface area contributed by atoms with Crippen LogP contribution in [0.2, 0.25) is 0 Å². The van der Waals surface area contributed by atoms with Crippen LogP contribution in [-0.4, -0.2) is 13.6 Å². The minimum Gasteiger partial charge on any atom is -0.319 e. The van der Waals surface area contributed by atoms with Crippen molar-refractivity contribution in [2.75, 3.05) is 13.6 Å². The highest BCUT2D eigenvalue weighted by Crippen LogP contribution is 2.24. The lowest BCUT2D eigenvalue weighted by Crippen LogP contribution is -2.07. The lowest BCUT2D eigenvalue weighted by Gasteiger charge is -2.07. The van der Waals surface area contributed by atoms with Gasteiger partial charge in [-0.2, -0.15) is 0 Å². The fraction of sp³-hybridized carbons (Fsp3) is 0.273. The summed E-state index contributed by atoms with van der Waals surface area (Å²) in [5, 5.41) is 3.11. The minimum atomic E-state index is 0.972. The zero-order chi connectivity index (χ0) is 9.68. The highest BCUT2D eigenvalue weighted by atomic mass is 79.9. The molecule has 0 aromatic heterocycles. The second-order valence-corrected chi connectivity index (χ2v) is 3.79. The van der Waals surface area contributed by atoms with Gasteiger partial charge in [0.15, 0.2) is 0 Å². The average Bonchev–Trinajstić information content (AvgIpc) is 2.15. The Hall–Kier alpha value is -0.600. The van der Waals surface area contributed by atoms with E-state index < -0.39 is 0 Å². The van der Waals surface area contributed by atoms with E-state index >= 15 is 0 Å². The Balaban J connectivity index is 2.71. The van der Waals surface area contributed by atoms with E-state index in [9.17, 15) is 0 Å². The molecule has 1 N–H and O–H groups in total. The van der Waals surface area contributed by atoms with Crippen molar-refractivity contribution in [3.05, 3.63) is 40.9 Å². The fourth-order valence-electron chi connectivity index (χ4n) is 1.16. The van der Waals surface area contributed by atoms with Crippen LogP contribution in [0.3, 0.4) is 0 Å². The standard InChI is InChI=1S/C11H14BrN/c1-9(7-8-13-2)10-5-3-4-6-11(10)12/h3-6,13H,1,7-8H2,2H3. The molecule has 1 aromatic carbocycles. The first-order chi connectivity index (χ1) is 6.25. The lowest BCUT2D eigenvalue weighted by molar-refractivity contribution is 0.816. The molecule has 0 saturated carbocycles. The number of hydrogen-bond donors (Lipinski definition) is 1. The van der Waals surface area contributed by atoms with Crippen LogP contribution in [0.4, 0.5) is 0 Å². The van der Waals surface area contributed by atoms with Gasteiger partial charge in [0.1, 0.15) is 0 Å². The summed E-state index contributed by atoms with van der Waals surface area (Å²) in [5.41, 5.74) is 2.37. The van der Waals surface area contributed by atoms with Crippen molar-refractivity contribution < 1.29 is 0 Å². The number of halogens is 1. The third-order valence-corrected chi connectivity index (χ3v) is 2.62. The van der Waals surface area contributed by atoms with Crippen LogP contribution in [-0.2, 0) is 0 Å². The van der Waals surface area contributed by atoms with Gasteiger partial charge in [0, 0.05) is 4.47 Å². The molecule has 0 aliphatic rings. The van der Waals surface area contributed by atoms with Crippen molar-refractivity contribution in [1.82, 2.24) is 5.32 Å². The van der Waals surface area contributed by atoms with E-state index in [0.717, 1.165) is 17.4 Å². The summed E-state index contributed by atoms with van der Waals surface area (Å²) < 4.78 is 1.12. The molecule has 0 aliphatic carbocycles. The maximum absolute atomic E-state index is 4.05. The van der Waals surface area contributed by atoms with Crippen molar-refractivity contribution in [2.45, 2.75) is 6.42 Å². The number of hydrogen-bond acceptors (Lipinski definition) is 1. The molecule has 2 heteroatoms. The van der Waals surface area contributed by atoms with Crippen molar-refractivity contribution in [1.29, 1.82) is 0 Å². The van der Waals surface area contributed by atoms with E-state index in [4.69, 9.17) is 0 Å². The topological polar surface area (TPSA) is 12.0 Å². The molecule has 70 valence electrons. The Bertz CT molecular complexity index is 294. The zero-order valence-electron chi connectivity index (χ0n) is 7.81. The molecule has 0 amide bonds. The molecule has 0 saturated heterocycles. The second-order valence-electron chi connectivity index (χ2n) is 2.94. The van der Waals surface area contributed by atoms with Crippen LogP contribution in [0.5, 0.6) is 0 Å². The van der Waals surface area contributed by atoms with Gasteiger partial charge in [-0.05, 0) is 37.2 Å². The Labute approximate surface area is 88.0 Å². The summed E-state index contributed by atoms with van der Waals surface area (Å²) in [7, 11) is 1.95. The van der Waals surface area contributed by atoms with Crippen molar-refractivity contribution >= 4 is 21.5 Å². The largest absolute Gasteiger partial charge is 0.319 e. The molecule has 0 fully saturated rings. The van der Waals surface area contributed by atoms with Gasteiger partial charge >= 0.3 is 0 Å². The molecule has 0 unspecified atom stereocenters. The Morgan fingerprint density at radius 1 is 1.46 bits per heavy atom. The van der Waals surface area contributed by atoms with Gasteiger partial charge in [0.2, 0.25) is 0 Å². The highest BCUT2D eigenvalue weighted by molar-refractivity contribution is 9.10. The van der Waals surface area contributed by atoms with E-state index in [-0.39, 0.29) is 0 Å². The highest BCUT2D eigenvalue weighted by Gasteiger charge is 2.01. The second kappa shape index (κ2) is 5.20. The van der Waals surface area contributed by atoms with Crippen LogP contribution >= 0.6 is 15.9 Å². The molecule has 1 rings (SSSR count). The molecule has 13 heavy (non-hydrogen) atoms. The number of nitrogens with one attached hydrogen (secondary N) is 1. The normalized spacial score (nSPS) is 10.0. The first-order valence-corrected chi connectivity index (χ1v) is 5.12. The summed E-state index contributed by atoms with van der Waals surface area (Å²) in [5.74, 6) is 0.